The van der Waals surface area contributed by atoms with Crippen LogP contribution in [0.5, 0.6) is 0 Å². The maximum atomic E-state index is 9.74. The van der Waals surface area contributed by atoms with Gasteiger partial charge in [0, 0.05) is 6.54 Å². The Morgan fingerprint density at radius 2 is 1.80 bits per heavy atom. The van der Waals surface area contributed by atoms with Crippen LogP contribution in [0.15, 0.2) is 29.2 Å². The summed E-state index contributed by atoms with van der Waals surface area (Å²) in [6.07, 6.45) is -0.610. The lowest BCUT2D eigenvalue weighted by atomic mass is 10.2. The average molecular weight is 231 g/mol. The lowest BCUT2D eigenvalue weighted by Gasteiger charge is -2.33. The van der Waals surface area contributed by atoms with E-state index in [0.717, 1.165) is 5.56 Å². The molecule has 0 fully saturated rings. The van der Waals surface area contributed by atoms with Crippen molar-refractivity contribution >= 4 is 10.8 Å². The third kappa shape index (κ3) is 3.81. The van der Waals surface area contributed by atoms with E-state index >= 15 is 0 Å². The fourth-order valence-corrected chi connectivity index (χ4v) is 2.20. The highest BCUT2D eigenvalue weighted by molar-refractivity contribution is 8.22. The van der Waals surface area contributed by atoms with Crippen LogP contribution in [-0.4, -0.2) is 26.9 Å². The molecule has 5 heteroatoms. The van der Waals surface area contributed by atoms with E-state index < -0.39 is 16.9 Å². The highest BCUT2D eigenvalue weighted by atomic mass is 32.3. The molecule has 0 aliphatic heterocycles. The molecule has 15 heavy (non-hydrogen) atoms. The molecule has 1 aromatic rings. The summed E-state index contributed by atoms with van der Waals surface area (Å²) in [4.78, 5) is 0.439. The summed E-state index contributed by atoms with van der Waals surface area (Å²) in [5, 5.41) is 9.04. The first kappa shape index (κ1) is 12.5. The number of aryl methyl sites for hydroxylation is 1. The summed E-state index contributed by atoms with van der Waals surface area (Å²) < 4.78 is 22.0. The molecule has 0 aliphatic carbocycles. The molecule has 0 saturated heterocycles. The van der Waals surface area contributed by atoms with E-state index in [1.165, 1.54) is 0 Å². The molecule has 0 heterocycles. The number of nitrogens with one attached hydrogen (secondary N) is 1. The van der Waals surface area contributed by atoms with Gasteiger partial charge in [0.25, 0.3) is 0 Å². The molecule has 0 spiro atoms. The van der Waals surface area contributed by atoms with Gasteiger partial charge in [-0.1, -0.05) is 17.7 Å². The Bertz CT molecular complexity index is 311. The molecule has 0 aromatic heterocycles. The monoisotopic (exact) mass is 231 g/mol. The first-order valence-corrected chi connectivity index (χ1v) is 6.24. The molecule has 0 amide bonds. The van der Waals surface area contributed by atoms with Gasteiger partial charge >= 0.3 is 0 Å². The smallest absolute Gasteiger partial charge is 0.0750 e. The lowest BCUT2D eigenvalue weighted by molar-refractivity contribution is 0.197. The minimum Gasteiger partial charge on any atom is -0.392 e. The van der Waals surface area contributed by atoms with Gasteiger partial charge in [0.2, 0.25) is 0 Å². The highest BCUT2D eigenvalue weighted by Crippen LogP contribution is 2.43. The number of aliphatic hydroxyl groups is 1. The summed E-state index contributed by atoms with van der Waals surface area (Å²) in [6, 6.07) is 6.96. The molecule has 86 valence electrons. The molecule has 4 N–H and O–H groups in total. The molecular weight excluding hydrogens is 214 g/mol. The Morgan fingerprint density at radius 1 is 1.27 bits per heavy atom. The van der Waals surface area contributed by atoms with Crippen LogP contribution in [0.3, 0.4) is 0 Å². The number of hydrogen-bond donors (Lipinski definition) is 4. The van der Waals surface area contributed by atoms with Crippen molar-refractivity contribution in [2.45, 2.75) is 24.8 Å². The van der Waals surface area contributed by atoms with Crippen molar-refractivity contribution in [3.63, 3.8) is 0 Å². The predicted octanol–water partition coefficient (Wildman–Crippen LogP) is 1.99. The molecule has 1 atom stereocenters. The summed E-state index contributed by atoms with van der Waals surface area (Å²) in [5.41, 5.74) is 1.06. The molecular formula is C10H17NO3S. The van der Waals surface area contributed by atoms with Gasteiger partial charge in [-0.15, -0.1) is 10.8 Å². The molecule has 0 bridgehead atoms. The summed E-state index contributed by atoms with van der Waals surface area (Å²) in [6.45, 7) is 3.66. The first-order chi connectivity index (χ1) is 6.92. The van der Waals surface area contributed by atoms with E-state index in [1.807, 2.05) is 19.1 Å². The molecule has 1 rings (SSSR count). The maximum absolute atomic E-state index is 9.74. The second kappa shape index (κ2) is 4.96. The standard InChI is InChI=1S/C10H17NO3S/c1-8-3-5-10(6-4-8)15(13,14)11-7-9(2)12/h3-6,9,11-14H,7H2,1-2H3. The number of aliphatic hydroxyl groups excluding tert-OH is 1. The molecule has 1 aromatic carbocycles. The van der Waals surface area contributed by atoms with Crippen molar-refractivity contribution in [3.05, 3.63) is 29.8 Å². The van der Waals surface area contributed by atoms with Crippen LogP contribution in [0.1, 0.15) is 12.5 Å². The van der Waals surface area contributed by atoms with E-state index in [9.17, 15) is 9.11 Å². The van der Waals surface area contributed by atoms with Crippen LogP contribution >= 0.6 is 10.8 Å². The third-order valence-corrected chi connectivity index (χ3v) is 3.43. The number of rotatable bonds is 4. The van der Waals surface area contributed by atoms with Crippen molar-refractivity contribution in [1.82, 2.24) is 4.72 Å². The van der Waals surface area contributed by atoms with Crippen LogP contribution in [0.25, 0.3) is 0 Å². The summed E-state index contributed by atoms with van der Waals surface area (Å²) in [7, 11) is -2.98. The van der Waals surface area contributed by atoms with Gasteiger partial charge in [0.05, 0.1) is 11.0 Å². The van der Waals surface area contributed by atoms with Crippen molar-refractivity contribution in [1.29, 1.82) is 0 Å². The van der Waals surface area contributed by atoms with Gasteiger partial charge in [-0.3, -0.25) is 9.11 Å². The minimum atomic E-state index is -2.98. The van der Waals surface area contributed by atoms with Gasteiger partial charge in [-0.2, -0.15) is 0 Å². The lowest BCUT2D eigenvalue weighted by Crippen LogP contribution is -2.27. The van der Waals surface area contributed by atoms with Crippen LogP contribution in [0.2, 0.25) is 0 Å². The van der Waals surface area contributed by atoms with Gasteiger partial charge in [0.15, 0.2) is 0 Å². The van der Waals surface area contributed by atoms with Crippen molar-refractivity contribution in [3.8, 4) is 0 Å². The Kier molecular flexibility index (Phi) is 4.12. The van der Waals surface area contributed by atoms with Gasteiger partial charge in [-0.05, 0) is 26.0 Å². The second-order valence-corrected chi connectivity index (χ2v) is 5.42. The Balaban J connectivity index is 2.72. The zero-order chi connectivity index (χ0) is 11.5. The van der Waals surface area contributed by atoms with Gasteiger partial charge in [0.1, 0.15) is 0 Å². The number of hydrogen-bond acceptors (Lipinski definition) is 4. The molecule has 4 nitrogen and oxygen atoms in total. The van der Waals surface area contributed by atoms with Crippen molar-refractivity contribution in [2.75, 3.05) is 6.54 Å². The molecule has 1 unspecified atom stereocenters. The molecule has 0 aliphatic rings. The summed E-state index contributed by atoms with van der Waals surface area (Å²) >= 11 is 0. The Morgan fingerprint density at radius 3 is 2.27 bits per heavy atom. The summed E-state index contributed by atoms with van der Waals surface area (Å²) in [5.74, 6) is 0. The third-order valence-electron chi connectivity index (χ3n) is 1.93. The largest absolute Gasteiger partial charge is 0.392 e. The fourth-order valence-electron chi connectivity index (χ4n) is 1.05. The fraction of sp³-hybridized carbons (Fsp3) is 0.400. The maximum Gasteiger partial charge on any atom is 0.0750 e. The Hall–Kier alpha value is -0.590. The van der Waals surface area contributed by atoms with Crippen molar-refractivity contribution < 1.29 is 14.2 Å². The van der Waals surface area contributed by atoms with Crippen LogP contribution in [0, 0.1) is 6.92 Å². The van der Waals surface area contributed by atoms with Crippen molar-refractivity contribution in [2.24, 2.45) is 0 Å². The van der Waals surface area contributed by atoms with E-state index in [2.05, 4.69) is 4.72 Å². The number of benzene rings is 1. The second-order valence-electron chi connectivity index (χ2n) is 3.56. The average Bonchev–Trinajstić information content (AvgIpc) is 2.16. The predicted molar refractivity (Wildman–Crippen MR) is 62.0 cm³/mol. The molecule has 0 saturated carbocycles. The minimum absolute atomic E-state index is 0.149. The first-order valence-electron chi connectivity index (χ1n) is 4.69. The normalized spacial score (nSPS) is 15.0. The van der Waals surface area contributed by atoms with E-state index in [1.54, 1.807) is 19.1 Å². The Labute approximate surface area is 91.4 Å². The van der Waals surface area contributed by atoms with Crippen LogP contribution in [-0.2, 0) is 0 Å². The molecule has 0 radical (unpaired) electrons. The van der Waals surface area contributed by atoms with E-state index in [0.29, 0.717) is 4.90 Å². The zero-order valence-corrected chi connectivity index (χ0v) is 9.66. The van der Waals surface area contributed by atoms with E-state index in [4.69, 9.17) is 5.11 Å². The quantitative estimate of drug-likeness (QED) is 0.639. The zero-order valence-electron chi connectivity index (χ0n) is 8.84. The van der Waals surface area contributed by atoms with Gasteiger partial charge < -0.3 is 5.11 Å². The topological polar surface area (TPSA) is 72.7 Å². The van der Waals surface area contributed by atoms with Crippen LogP contribution in [0.4, 0.5) is 0 Å². The van der Waals surface area contributed by atoms with Gasteiger partial charge in [-0.25, -0.2) is 4.72 Å². The van der Waals surface area contributed by atoms with E-state index in [-0.39, 0.29) is 6.54 Å². The van der Waals surface area contributed by atoms with Crippen LogP contribution < -0.4 is 4.72 Å². The SMILES string of the molecule is Cc1ccc(S(O)(O)NCC(C)O)cc1. The highest BCUT2D eigenvalue weighted by Gasteiger charge is 2.14.